The van der Waals surface area contributed by atoms with Gasteiger partial charge in [-0.05, 0) is 18.6 Å². The number of hydrogen-bond donors (Lipinski definition) is 2. The number of nitrogens with zero attached hydrogens (tertiary/aromatic N) is 1. The number of carbonyl (C=O) groups excluding carboxylic acids is 1. The van der Waals surface area contributed by atoms with Gasteiger partial charge in [-0.25, -0.2) is 4.79 Å². The molecule has 0 fully saturated rings. The SMILES string of the molecule is CCC(CO)(CO)n1cccc(C(=O)OC)c1=O. The number of aliphatic hydroxyl groups excluding tert-OH is 2. The van der Waals surface area contributed by atoms with Crippen LogP contribution in [0.3, 0.4) is 0 Å². The van der Waals surface area contributed by atoms with Gasteiger partial charge in [-0.15, -0.1) is 0 Å². The number of carbonyl (C=O) groups is 1. The van der Waals surface area contributed by atoms with Gasteiger partial charge < -0.3 is 19.5 Å². The van der Waals surface area contributed by atoms with Crippen LogP contribution in [-0.4, -0.2) is 41.1 Å². The molecule has 1 heterocycles. The van der Waals surface area contributed by atoms with Crippen molar-refractivity contribution in [2.75, 3.05) is 20.3 Å². The van der Waals surface area contributed by atoms with E-state index in [1.807, 2.05) is 0 Å². The monoisotopic (exact) mass is 255 g/mol. The zero-order valence-electron chi connectivity index (χ0n) is 10.4. The highest BCUT2D eigenvalue weighted by Crippen LogP contribution is 2.17. The lowest BCUT2D eigenvalue weighted by atomic mass is 9.97. The van der Waals surface area contributed by atoms with Gasteiger partial charge in [0.1, 0.15) is 5.56 Å². The third-order valence-corrected chi connectivity index (χ3v) is 3.11. The fourth-order valence-corrected chi connectivity index (χ4v) is 1.73. The van der Waals surface area contributed by atoms with Crippen LogP contribution in [0, 0.1) is 0 Å². The molecule has 0 bridgehead atoms. The summed E-state index contributed by atoms with van der Waals surface area (Å²) in [6, 6.07) is 2.85. The van der Waals surface area contributed by atoms with E-state index in [0.29, 0.717) is 6.42 Å². The van der Waals surface area contributed by atoms with Gasteiger partial charge in [0.15, 0.2) is 0 Å². The molecule has 0 aliphatic heterocycles. The minimum atomic E-state index is -1.11. The van der Waals surface area contributed by atoms with E-state index in [1.54, 1.807) is 6.92 Å². The number of ether oxygens (including phenoxy) is 1. The van der Waals surface area contributed by atoms with E-state index in [1.165, 1.54) is 30.0 Å². The van der Waals surface area contributed by atoms with Crippen LogP contribution in [0.25, 0.3) is 0 Å². The van der Waals surface area contributed by atoms with Crippen molar-refractivity contribution in [3.8, 4) is 0 Å². The minimum Gasteiger partial charge on any atom is -0.465 e. The molecular formula is C12H17NO5. The van der Waals surface area contributed by atoms with E-state index in [4.69, 9.17) is 0 Å². The second kappa shape index (κ2) is 5.79. The van der Waals surface area contributed by atoms with E-state index in [0.717, 1.165) is 0 Å². The normalized spacial score (nSPS) is 11.3. The average molecular weight is 255 g/mol. The van der Waals surface area contributed by atoms with Crippen molar-refractivity contribution in [3.05, 3.63) is 34.2 Å². The van der Waals surface area contributed by atoms with E-state index in [-0.39, 0.29) is 5.56 Å². The van der Waals surface area contributed by atoms with E-state index in [2.05, 4.69) is 4.74 Å². The van der Waals surface area contributed by atoms with E-state index in [9.17, 15) is 19.8 Å². The fourth-order valence-electron chi connectivity index (χ4n) is 1.73. The Morgan fingerprint density at radius 1 is 1.44 bits per heavy atom. The van der Waals surface area contributed by atoms with Gasteiger partial charge in [0.05, 0.1) is 25.9 Å². The molecule has 2 N–H and O–H groups in total. The Kier molecular flexibility index (Phi) is 4.63. The van der Waals surface area contributed by atoms with Crippen LogP contribution in [0.15, 0.2) is 23.1 Å². The Morgan fingerprint density at radius 2 is 2.06 bits per heavy atom. The predicted octanol–water partition coefficient (Wildman–Crippen LogP) is -0.275. The van der Waals surface area contributed by atoms with Gasteiger partial charge in [0.2, 0.25) is 0 Å². The van der Waals surface area contributed by atoms with Crippen molar-refractivity contribution in [1.29, 1.82) is 0 Å². The summed E-state index contributed by atoms with van der Waals surface area (Å²) in [4.78, 5) is 23.6. The maximum Gasteiger partial charge on any atom is 0.343 e. The number of esters is 1. The molecule has 6 heteroatoms. The first-order chi connectivity index (χ1) is 8.56. The van der Waals surface area contributed by atoms with Crippen molar-refractivity contribution in [1.82, 2.24) is 4.57 Å². The van der Waals surface area contributed by atoms with Gasteiger partial charge in [-0.2, -0.15) is 0 Å². The molecule has 0 amide bonds. The summed E-state index contributed by atoms with van der Waals surface area (Å²) in [5.41, 5.74) is -1.82. The van der Waals surface area contributed by atoms with Gasteiger partial charge in [0, 0.05) is 6.20 Å². The smallest absolute Gasteiger partial charge is 0.343 e. The summed E-state index contributed by atoms with van der Waals surface area (Å²) < 4.78 is 5.69. The first-order valence-electron chi connectivity index (χ1n) is 5.58. The Morgan fingerprint density at radius 3 is 2.50 bits per heavy atom. The molecule has 0 radical (unpaired) electrons. The molecule has 0 aliphatic rings. The van der Waals surface area contributed by atoms with Gasteiger partial charge >= 0.3 is 5.97 Å². The van der Waals surface area contributed by atoms with Gasteiger partial charge in [0.25, 0.3) is 5.56 Å². The Hall–Kier alpha value is -1.66. The molecule has 1 rings (SSSR count). The zero-order valence-corrected chi connectivity index (χ0v) is 10.4. The number of pyridine rings is 1. The Bertz CT molecular complexity index is 467. The largest absolute Gasteiger partial charge is 0.465 e. The predicted molar refractivity (Wildman–Crippen MR) is 64.5 cm³/mol. The number of aliphatic hydroxyl groups is 2. The number of hydrogen-bond acceptors (Lipinski definition) is 5. The second-order valence-electron chi connectivity index (χ2n) is 3.98. The van der Waals surface area contributed by atoms with Crippen LogP contribution in [0.5, 0.6) is 0 Å². The lowest BCUT2D eigenvalue weighted by Gasteiger charge is -2.31. The lowest BCUT2D eigenvalue weighted by Crippen LogP contribution is -2.47. The molecule has 0 aromatic carbocycles. The summed E-state index contributed by atoms with van der Waals surface area (Å²) >= 11 is 0. The van der Waals surface area contributed by atoms with Crippen LogP contribution in [0.1, 0.15) is 23.7 Å². The van der Waals surface area contributed by atoms with Crippen molar-refractivity contribution in [2.45, 2.75) is 18.9 Å². The molecule has 6 nitrogen and oxygen atoms in total. The van der Waals surface area contributed by atoms with E-state index >= 15 is 0 Å². The quantitative estimate of drug-likeness (QED) is 0.707. The summed E-state index contributed by atoms with van der Waals surface area (Å²) in [5.74, 6) is -0.741. The summed E-state index contributed by atoms with van der Waals surface area (Å²) in [5, 5.41) is 18.8. The maximum absolute atomic E-state index is 12.1. The van der Waals surface area contributed by atoms with Crippen LogP contribution in [-0.2, 0) is 10.3 Å². The maximum atomic E-state index is 12.1. The Balaban J connectivity index is 3.43. The Labute approximate surface area is 104 Å². The first kappa shape index (κ1) is 14.4. The van der Waals surface area contributed by atoms with Crippen molar-refractivity contribution < 1.29 is 19.7 Å². The molecule has 1 aromatic heterocycles. The molecule has 0 unspecified atom stereocenters. The first-order valence-corrected chi connectivity index (χ1v) is 5.58. The lowest BCUT2D eigenvalue weighted by molar-refractivity contribution is 0.0532. The highest BCUT2D eigenvalue weighted by Gasteiger charge is 2.31. The van der Waals surface area contributed by atoms with Crippen molar-refractivity contribution >= 4 is 5.97 Å². The van der Waals surface area contributed by atoms with Crippen LogP contribution >= 0.6 is 0 Å². The fraction of sp³-hybridized carbons (Fsp3) is 0.500. The van der Waals surface area contributed by atoms with Gasteiger partial charge in [-0.1, -0.05) is 6.92 Å². The zero-order chi connectivity index (χ0) is 13.8. The molecule has 0 spiro atoms. The third-order valence-electron chi connectivity index (χ3n) is 3.11. The van der Waals surface area contributed by atoms with Crippen LogP contribution < -0.4 is 5.56 Å². The molecule has 18 heavy (non-hydrogen) atoms. The summed E-state index contributed by atoms with van der Waals surface area (Å²) in [7, 11) is 1.18. The molecule has 0 aliphatic carbocycles. The number of rotatable bonds is 5. The molecule has 0 saturated heterocycles. The second-order valence-corrected chi connectivity index (χ2v) is 3.98. The van der Waals surface area contributed by atoms with Crippen LogP contribution in [0.4, 0.5) is 0 Å². The average Bonchev–Trinajstić information content (AvgIpc) is 2.42. The number of methoxy groups -OCH3 is 1. The van der Waals surface area contributed by atoms with Crippen molar-refractivity contribution in [2.24, 2.45) is 0 Å². The minimum absolute atomic E-state index is 0.125. The molecule has 0 saturated carbocycles. The standard InChI is InChI=1S/C12H17NO5/c1-3-12(7-14,8-15)13-6-4-5-9(10(13)16)11(17)18-2/h4-6,14-15H,3,7-8H2,1-2H3. The topological polar surface area (TPSA) is 88.8 Å². The summed E-state index contributed by atoms with van der Waals surface area (Å²) in [6.07, 6.45) is 1.79. The third kappa shape index (κ3) is 2.30. The van der Waals surface area contributed by atoms with E-state index < -0.39 is 30.3 Å². The van der Waals surface area contributed by atoms with Crippen molar-refractivity contribution in [3.63, 3.8) is 0 Å². The number of aromatic nitrogens is 1. The molecule has 1 aromatic rings. The molecule has 100 valence electrons. The van der Waals surface area contributed by atoms with Gasteiger partial charge in [-0.3, -0.25) is 4.79 Å². The molecule has 0 atom stereocenters. The van der Waals surface area contributed by atoms with Crippen LogP contribution in [0.2, 0.25) is 0 Å². The summed E-state index contributed by atoms with van der Waals surface area (Å²) in [6.45, 7) is 0.943. The highest BCUT2D eigenvalue weighted by atomic mass is 16.5. The highest BCUT2D eigenvalue weighted by molar-refractivity contribution is 5.88. The molecular weight excluding hydrogens is 238 g/mol.